The van der Waals surface area contributed by atoms with E-state index in [1.807, 2.05) is 25.1 Å². The average Bonchev–Trinajstić information content (AvgIpc) is 2.46. The van der Waals surface area contributed by atoms with Crippen LogP contribution < -0.4 is 10.1 Å². The lowest BCUT2D eigenvalue weighted by Gasteiger charge is -2.20. The summed E-state index contributed by atoms with van der Waals surface area (Å²) in [7, 11) is 1.64. The zero-order valence-corrected chi connectivity index (χ0v) is 13.1. The molecule has 0 bridgehead atoms. The van der Waals surface area contributed by atoms with Gasteiger partial charge in [-0.15, -0.1) is 0 Å². The maximum Gasteiger partial charge on any atom is 0.123 e. The summed E-state index contributed by atoms with van der Waals surface area (Å²) in [4.78, 5) is 0. The second kappa shape index (κ2) is 6.86. The lowest BCUT2D eigenvalue weighted by atomic mass is 9.98. The fraction of sp³-hybridized carbons (Fsp3) is 0.250. The Kier molecular flexibility index (Phi) is 5.15. The average molecular weight is 338 g/mol. The largest absolute Gasteiger partial charge is 0.497 e. The lowest BCUT2D eigenvalue weighted by molar-refractivity contribution is 0.414. The van der Waals surface area contributed by atoms with Gasteiger partial charge < -0.3 is 10.1 Å². The number of benzene rings is 2. The van der Waals surface area contributed by atoms with Crippen LogP contribution in [0.2, 0.25) is 0 Å². The van der Waals surface area contributed by atoms with E-state index in [9.17, 15) is 4.39 Å². The number of halogens is 2. The van der Waals surface area contributed by atoms with Gasteiger partial charge in [-0.1, -0.05) is 41.1 Å². The molecule has 0 aromatic heterocycles. The Morgan fingerprint density at radius 1 is 1.20 bits per heavy atom. The zero-order chi connectivity index (χ0) is 14.5. The summed E-state index contributed by atoms with van der Waals surface area (Å²) in [6, 6.07) is 12.5. The highest BCUT2D eigenvalue weighted by molar-refractivity contribution is 9.10. The predicted octanol–water partition coefficient (Wildman–Crippen LogP) is 4.30. The molecule has 106 valence electrons. The highest BCUT2D eigenvalue weighted by Crippen LogP contribution is 2.31. The van der Waals surface area contributed by atoms with Gasteiger partial charge in [0.05, 0.1) is 13.2 Å². The molecule has 1 N–H and O–H groups in total. The van der Waals surface area contributed by atoms with Crippen LogP contribution >= 0.6 is 15.9 Å². The van der Waals surface area contributed by atoms with Crippen LogP contribution in [-0.2, 0) is 0 Å². The van der Waals surface area contributed by atoms with E-state index in [0.717, 1.165) is 27.9 Å². The molecule has 0 heterocycles. The van der Waals surface area contributed by atoms with E-state index in [1.165, 1.54) is 12.1 Å². The summed E-state index contributed by atoms with van der Waals surface area (Å²) in [5.41, 5.74) is 2.12. The van der Waals surface area contributed by atoms with Crippen molar-refractivity contribution in [1.29, 1.82) is 0 Å². The van der Waals surface area contributed by atoms with Crippen LogP contribution in [0.25, 0.3) is 0 Å². The third-order valence-corrected chi connectivity index (χ3v) is 3.82. The van der Waals surface area contributed by atoms with Crippen LogP contribution in [0, 0.1) is 5.82 Å². The van der Waals surface area contributed by atoms with Gasteiger partial charge in [-0.3, -0.25) is 0 Å². The first-order valence-corrected chi connectivity index (χ1v) is 7.27. The van der Waals surface area contributed by atoms with E-state index >= 15 is 0 Å². The second-order valence-corrected chi connectivity index (χ2v) is 5.28. The number of methoxy groups -OCH3 is 1. The quantitative estimate of drug-likeness (QED) is 0.878. The van der Waals surface area contributed by atoms with Gasteiger partial charge in [0.15, 0.2) is 0 Å². The van der Waals surface area contributed by atoms with Crippen LogP contribution in [-0.4, -0.2) is 13.7 Å². The molecule has 0 radical (unpaired) electrons. The monoisotopic (exact) mass is 337 g/mol. The van der Waals surface area contributed by atoms with Crippen LogP contribution in [0.5, 0.6) is 5.75 Å². The van der Waals surface area contributed by atoms with Crippen molar-refractivity contribution in [2.45, 2.75) is 13.0 Å². The van der Waals surface area contributed by atoms with E-state index in [-0.39, 0.29) is 11.9 Å². The SMILES string of the molecule is CCNC(c1ccc(F)cc1)c1ccc(OC)cc1Br. The third-order valence-electron chi connectivity index (χ3n) is 3.13. The Morgan fingerprint density at radius 2 is 1.90 bits per heavy atom. The molecule has 4 heteroatoms. The van der Waals surface area contributed by atoms with Gasteiger partial charge in [0.2, 0.25) is 0 Å². The summed E-state index contributed by atoms with van der Waals surface area (Å²) in [6.07, 6.45) is 0. The first kappa shape index (κ1) is 15.0. The van der Waals surface area contributed by atoms with Crippen molar-refractivity contribution in [3.8, 4) is 5.75 Å². The first-order valence-electron chi connectivity index (χ1n) is 6.48. The molecule has 0 aliphatic carbocycles. The molecule has 0 spiro atoms. The standard InChI is InChI=1S/C16H17BrFNO/c1-3-19-16(11-4-6-12(18)7-5-11)14-9-8-13(20-2)10-15(14)17/h4-10,16,19H,3H2,1-2H3. The van der Waals surface area contributed by atoms with Crippen LogP contribution in [0.3, 0.4) is 0 Å². The van der Waals surface area contributed by atoms with E-state index in [4.69, 9.17) is 4.74 Å². The van der Waals surface area contributed by atoms with Crippen molar-refractivity contribution < 1.29 is 9.13 Å². The smallest absolute Gasteiger partial charge is 0.123 e. The van der Waals surface area contributed by atoms with Crippen molar-refractivity contribution in [1.82, 2.24) is 5.32 Å². The fourth-order valence-corrected chi connectivity index (χ4v) is 2.72. The predicted molar refractivity (Wildman–Crippen MR) is 82.6 cm³/mol. The third kappa shape index (κ3) is 3.38. The number of nitrogens with one attached hydrogen (secondary N) is 1. The van der Waals surface area contributed by atoms with Gasteiger partial charge in [-0.25, -0.2) is 4.39 Å². The van der Waals surface area contributed by atoms with Gasteiger partial charge in [0.1, 0.15) is 11.6 Å². The van der Waals surface area contributed by atoms with E-state index in [2.05, 4.69) is 21.2 Å². The molecule has 2 aromatic rings. The minimum atomic E-state index is -0.224. The van der Waals surface area contributed by atoms with Gasteiger partial charge >= 0.3 is 0 Å². The molecule has 2 nitrogen and oxygen atoms in total. The molecule has 0 saturated carbocycles. The Morgan fingerprint density at radius 3 is 2.45 bits per heavy atom. The van der Waals surface area contributed by atoms with Crippen LogP contribution in [0.15, 0.2) is 46.9 Å². The molecule has 20 heavy (non-hydrogen) atoms. The highest BCUT2D eigenvalue weighted by Gasteiger charge is 2.16. The maximum absolute atomic E-state index is 13.1. The zero-order valence-electron chi connectivity index (χ0n) is 11.5. The Bertz CT molecular complexity index is 571. The normalized spacial score (nSPS) is 12.2. The van der Waals surface area contributed by atoms with Gasteiger partial charge in [0.25, 0.3) is 0 Å². The summed E-state index contributed by atoms with van der Waals surface area (Å²) in [5, 5.41) is 3.42. The van der Waals surface area contributed by atoms with Crippen LogP contribution in [0.1, 0.15) is 24.1 Å². The van der Waals surface area contributed by atoms with Crippen molar-refractivity contribution in [2.24, 2.45) is 0 Å². The molecular weight excluding hydrogens is 321 g/mol. The summed E-state index contributed by atoms with van der Waals surface area (Å²) < 4.78 is 19.2. The summed E-state index contributed by atoms with van der Waals surface area (Å²) >= 11 is 3.58. The summed E-state index contributed by atoms with van der Waals surface area (Å²) in [5.74, 6) is 0.577. The molecule has 0 saturated heterocycles. The lowest BCUT2D eigenvalue weighted by Crippen LogP contribution is -2.22. The molecule has 0 aliphatic heterocycles. The molecule has 2 aromatic carbocycles. The van der Waals surface area contributed by atoms with Crippen molar-refractivity contribution >= 4 is 15.9 Å². The van der Waals surface area contributed by atoms with E-state index < -0.39 is 0 Å². The fourth-order valence-electron chi connectivity index (χ4n) is 2.14. The van der Waals surface area contributed by atoms with E-state index in [1.54, 1.807) is 19.2 Å². The summed E-state index contributed by atoms with van der Waals surface area (Å²) in [6.45, 7) is 2.87. The maximum atomic E-state index is 13.1. The van der Waals surface area contributed by atoms with Gasteiger partial charge in [0, 0.05) is 4.47 Å². The number of ether oxygens (including phenoxy) is 1. The molecule has 1 unspecified atom stereocenters. The molecule has 0 amide bonds. The Hall–Kier alpha value is -1.39. The Labute approximate surface area is 127 Å². The first-order chi connectivity index (χ1) is 9.65. The second-order valence-electron chi connectivity index (χ2n) is 4.43. The van der Waals surface area contributed by atoms with Gasteiger partial charge in [-0.2, -0.15) is 0 Å². The highest BCUT2D eigenvalue weighted by atomic mass is 79.9. The molecule has 2 rings (SSSR count). The number of hydrogen-bond donors (Lipinski definition) is 1. The number of rotatable bonds is 5. The topological polar surface area (TPSA) is 21.3 Å². The molecule has 0 aliphatic rings. The van der Waals surface area contributed by atoms with Crippen molar-refractivity contribution in [3.63, 3.8) is 0 Å². The minimum Gasteiger partial charge on any atom is -0.497 e. The van der Waals surface area contributed by atoms with Crippen molar-refractivity contribution in [2.75, 3.05) is 13.7 Å². The Balaban J connectivity index is 2.40. The van der Waals surface area contributed by atoms with E-state index in [0.29, 0.717) is 0 Å². The molecule has 1 atom stereocenters. The molecule has 0 fully saturated rings. The van der Waals surface area contributed by atoms with Gasteiger partial charge in [-0.05, 0) is 41.9 Å². The van der Waals surface area contributed by atoms with Crippen LogP contribution in [0.4, 0.5) is 4.39 Å². The molecular formula is C16H17BrFNO. The minimum absolute atomic E-state index is 0.0147. The number of hydrogen-bond acceptors (Lipinski definition) is 2. The van der Waals surface area contributed by atoms with Crippen molar-refractivity contribution in [3.05, 3.63) is 63.9 Å².